The number of nitrogens with zero attached hydrogens (tertiary/aromatic N) is 1. The summed E-state index contributed by atoms with van der Waals surface area (Å²) < 4.78 is 0. The van der Waals surface area contributed by atoms with Gasteiger partial charge in [0.2, 0.25) is 0 Å². The maximum atomic E-state index is 5.89. The van der Waals surface area contributed by atoms with Gasteiger partial charge in [0, 0.05) is 22.3 Å². The summed E-state index contributed by atoms with van der Waals surface area (Å²) in [5, 5.41) is 4.07. The molecule has 1 aromatic carbocycles. The molecule has 1 atom stereocenters. The number of hydrogen-bond acceptors (Lipinski definition) is 3. The Bertz CT molecular complexity index is 626. The van der Waals surface area contributed by atoms with Crippen LogP contribution in [0.5, 0.6) is 0 Å². The maximum Gasteiger partial charge on any atom is 0.127 e. The van der Waals surface area contributed by atoms with Gasteiger partial charge >= 0.3 is 0 Å². The third-order valence-corrected chi connectivity index (χ3v) is 3.46. The molecule has 0 aliphatic heterocycles. The second-order valence-corrected chi connectivity index (χ2v) is 5.54. The van der Waals surface area contributed by atoms with Crippen molar-refractivity contribution in [3.63, 3.8) is 0 Å². The van der Waals surface area contributed by atoms with Crippen molar-refractivity contribution in [3.8, 4) is 0 Å². The minimum Gasteiger partial charge on any atom is -0.389 e. The highest BCUT2D eigenvalue weighted by atomic mass is 35.5. The van der Waals surface area contributed by atoms with Crippen molar-refractivity contribution in [2.45, 2.75) is 19.9 Å². The van der Waals surface area contributed by atoms with Gasteiger partial charge < -0.3 is 11.1 Å². The summed E-state index contributed by atoms with van der Waals surface area (Å²) >= 11 is 10.9. The second kappa shape index (κ2) is 6.20. The van der Waals surface area contributed by atoms with Crippen LogP contribution in [0.1, 0.15) is 29.8 Å². The number of anilines is 1. The Kier molecular flexibility index (Phi) is 4.57. The number of thiocarbonyl (C=S) groups is 1. The first kappa shape index (κ1) is 14.8. The van der Waals surface area contributed by atoms with E-state index in [1.807, 2.05) is 43.3 Å². The van der Waals surface area contributed by atoms with Gasteiger partial charge in [0.25, 0.3) is 0 Å². The number of halogens is 1. The molecule has 1 unspecified atom stereocenters. The van der Waals surface area contributed by atoms with Crippen LogP contribution in [-0.4, -0.2) is 9.97 Å². The number of benzene rings is 1. The molecule has 0 spiro atoms. The van der Waals surface area contributed by atoms with E-state index in [2.05, 4.69) is 17.2 Å². The minimum absolute atomic E-state index is 0.112. The fourth-order valence-electron chi connectivity index (χ4n) is 1.94. The van der Waals surface area contributed by atoms with E-state index in [9.17, 15) is 0 Å². The summed E-state index contributed by atoms with van der Waals surface area (Å²) in [6, 6.07) is 11.6. The van der Waals surface area contributed by atoms with Crippen molar-refractivity contribution in [2.75, 3.05) is 5.32 Å². The van der Waals surface area contributed by atoms with Gasteiger partial charge in [-0.15, -0.1) is 0 Å². The molecule has 0 bridgehead atoms. The van der Waals surface area contributed by atoms with Crippen molar-refractivity contribution in [2.24, 2.45) is 5.73 Å². The van der Waals surface area contributed by atoms with E-state index in [4.69, 9.17) is 29.6 Å². The van der Waals surface area contributed by atoms with Crippen LogP contribution in [0.3, 0.4) is 0 Å². The first-order valence-electron chi connectivity index (χ1n) is 6.26. The van der Waals surface area contributed by atoms with Crippen LogP contribution in [0.15, 0.2) is 36.4 Å². The highest BCUT2D eigenvalue weighted by Crippen LogP contribution is 2.21. The Morgan fingerprint density at radius 1 is 1.30 bits per heavy atom. The van der Waals surface area contributed by atoms with Gasteiger partial charge in [-0.25, -0.2) is 4.98 Å². The average Bonchev–Trinajstić information content (AvgIpc) is 2.38. The number of rotatable bonds is 4. The number of nitrogens with one attached hydrogen (secondary N) is 1. The molecular formula is C15H16ClN3S. The van der Waals surface area contributed by atoms with Gasteiger partial charge in [-0.1, -0.05) is 36.0 Å². The molecule has 2 aromatic rings. The Balaban J connectivity index is 2.21. The zero-order valence-corrected chi connectivity index (χ0v) is 12.9. The lowest BCUT2D eigenvalue weighted by Gasteiger charge is -2.16. The molecule has 3 N–H and O–H groups in total. The molecule has 0 aliphatic rings. The lowest BCUT2D eigenvalue weighted by atomic mass is 10.1. The largest absolute Gasteiger partial charge is 0.389 e. The van der Waals surface area contributed by atoms with Crippen molar-refractivity contribution >= 4 is 34.6 Å². The molecule has 0 saturated heterocycles. The third-order valence-electron chi connectivity index (χ3n) is 2.97. The molecule has 20 heavy (non-hydrogen) atoms. The molecule has 1 heterocycles. The first-order chi connectivity index (χ1) is 9.45. The molecule has 0 aliphatic carbocycles. The van der Waals surface area contributed by atoms with Crippen LogP contribution in [-0.2, 0) is 0 Å². The third kappa shape index (κ3) is 3.68. The fraction of sp³-hybridized carbons (Fsp3) is 0.200. The Labute approximate surface area is 129 Å². The van der Waals surface area contributed by atoms with Gasteiger partial charge in [0.15, 0.2) is 0 Å². The zero-order chi connectivity index (χ0) is 14.7. The number of pyridine rings is 1. The summed E-state index contributed by atoms with van der Waals surface area (Å²) in [6.45, 7) is 3.98. The number of hydrogen-bond donors (Lipinski definition) is 2. The van der Waals surface area contributed by atoms with Gasteiger partial charge in [-0.05, 0) is 43.7 Å². The lowest BCUT2D eigenvalue weighted by Crippen LogP contribution is -2.13. The van der Waals surface area contributed by atoms with Crippen LogP contribution in [0.2, 0.25) is 5.02 Å². The van der Waals surface area contributed by atoms with Gasteiger partial charge in [0.05, 0.1) is 0 Å². The Morgan fingerprint density at radius 3 is 2.55 bits per heavy atom. The first-order valence-corrected chi connectivity index (χ1v) is 7.05. The predicted octanol–water partition coefficient (Wildman–Crippen LogP) is 3.85. The van der Waals surface area contributed by atoms with Crippen LogP contribution < -0.4 is 11.1 Å². The van der Waals surface area contributed by atoms with Crippen LogP contribution in [0.4, 0.5) is 5.82 Å². The zero-order valence-electron chi connectivity index (χ0n) is 11.4. The number of aromatic nitrogens is 1. The van der Waals surface area contributed by atoms with Crippen molar-refractivity contribution in [1.29, 1.82) is 0 Å². The predicted molar refractivity (Wildman–Crippen MR) is 88.4 cm³/mol. The molecule has 1 aromatic heterocycles. The van der Waals surface area contributed by atoms with Gasteiger partial charge in [-0.2, -0.15) is 0 Å². The second-order valence-electron chi connectivity index (χ2n) is 4.66. The standard InChI is InChI=1S/C15H16ClN3S/c1-9-7-12(15(17)20)8-14(18-9)19-10(2)11-3-5-13(16)6-4-11/h3-8,10H,1-2H3,(H2,17,20)(H,18,19). The molecule has 2 rings (SSSR count). The monoisotopic (exact) mass is 305 g/mol. The van der Waals surface area contributed by atoms with Crippen molar-refractivity contribution in [3.05, 3.63) is 58.2 Å². The van der Waals surface area contributed by atoms with Crippen LogP contribution in [0, 0.1) is 6.92 Å². The topological polar surface area (TPSA) is 50.9 Å². The van der Waals surface area contributed by atoms with E-state index in [-0.39, 0.29) is 6.04 Å². The summed E-state index contributed by atoms with van der Waals surface area (Å²) in [7, 11) is 0. The van der Waals surface area contributed by atoms with E-state index < -0.39 is 0 Å². The Hall–Kier alpha value is -1.65. The van der Waals surface area contributed by atoms with Gasteiger partial charge in [0.1, 0.15) is 10.8 Å². The maximum absolute atomic E-state index is 5.89. The highest BCUT2D eigenvalue weighted by Gasteiger charge is 2.08. The van der Waals surface area contributed by atoms with E-state index in [1.165, 1.54) is 0 Å². The smallest absolute Gasteiger partial charge is 0.127 e. The normalized spacial score (nSPS) is 11.9. The van der Waals surface area contributed by atoms with Crippen LogP contribution in [0.25, 0.3) is 0 Å². The van der Waals surface area contributed by atoms with E-state index in [0.717, 1.165) is 27.7 Å². The average molecular weight is 306 g/mol. The molecule has 5 heteroatoms. The molecule has 0 fully saturated rings. The molecule has 0 radical (unpaired) electrons. The summed E-state index contributed by atoms with van der Waals surface area (Å²) in [5.74, 6) is 0.759. The Morgan fingerprint density at radius 2 is 1.95 bits per heavy atom. The molecule has 0 saturated carbocycles. The summed E-state index contributed by atoms with van der Waals surface area (Å²) in [5.41, 5.74) is 8.50. The van der Waals surface area contributed by atoms with Crippen LogP contribution >= 0.6 is 23.8 Å². The molecule has 3 nitrogen and oxygen atoms in total. The van der Waals surface area contributed by atoms with E-state index in [0.29, 0.717) is 4.99 Å². The van der Waals surface area contributed by atoms with Crippen molar-refractivity contribution in [1.82, 2.24) is 4.98 Å². The highest BCUT2D eigenvalue weighted by molar-refractivity contribution is 7.80. The molecular weight excluding hydrogens is 290 g/mol. The van der Waals surface area contributed by atoms with Crippen molar-refractivity contribution < 1.29 is 0 Å². The fourth-order valence-corrected chi connectivity index (χ4v) is 2.19. The molecule has 0 amide bonds. The van der Waals surface area contributed by atoms with E-state index >= 15 is 0 Å². The number of nitrogens with two attached hydrogens (primary N) is 1. The summed E-state index contributed by atoms with van der Waals surface area (Å²) in [6.07, 6.45) is 0. The lowest BCUT2D eigenvalue weighted by molar-refractivity contribution is 0.872. The van der Waals surface area contributed by atoms with E-state index in [1.54, 1.807) is 0 Å². The number of aryl methyl sites for hydroxylation is 1. The SMILES string of the molecule is Cc1cc(C(N)=S)cc(NC(C)c2ccc(Cl)cc2)n1. The quantitative estimate of drug-likeness (QED) is 0.842. The van der Waals surface area contributed by atoms with Gasteiger partial charge in [-0.3, -0.25) is 0 Å². The molecule has 104 valence electrons. The minimum atomic E-state index is 0.112. The summed E-state index contributed by atoms with van der Waals surface area (Å²) in [4.78, 5) is 4.82.